The van der Waals surface area contributed by atoms with Gasteiger partial charge in [0.1, 0.15) is 0 Å². The summed E-state index contributed by atoms with van der Waals surface area (Å²) in [6, 6.07) is 13.2. The normalized spacial score (nSPS) is 23.3. The molecule has 5 nitrogen and oxygen atoms in total. The second kappa shape index (κ2) is 7.64. The van der Waals surface area contributed by atoms with Gasteiger partial charge in [-0.3, -0.25) is 4.90 Å². The summed E-state index contributed by atoms with van der Waals surface area (Å²) in [7, 11) is -3.43. The van der Waals surface area contributed by atoms with Crippen molar-refractivity contribution in [1.82, 2.24) is 9.21 Å². The Morgan fingerprint density at radius 1 is 0.962 bits per heavy atom. The van der Waals surface area contributed by atoms with Crippen molar-refractivity contribution in [3.05, 3.63) is 42.5 Å². The number of piperazine rings is 1. The topological polar surface area (TPSA) is 49.9 Å². The van der Waals surface area contributed by atoms with Gasteiger partial charge in [0, 0.05) is 39.3 Å². The van der Waals surface area contributed by atoms with Crippen LogP contribution in [0.2, 0.25) is 0 Å². The summed E-state index contributed by atoms with van der Waals surface area (Å²) in [6.07, 6.45) is 3.83. The van der Waals surface area contributed by atoms with Crippen LogP contribution in [0.1, 0.15) is 19.3 Å². The van der Waals surface area contributed by atoms with Gasteiger partial charge in [0.05, 0.1) is 11.0 Å². The summed E-state index contributed by atoms with van der Waals surface area (Å²) in [5, 5.41) is 2.02. The molecule has 2 aliphatic heterocycles. The highest BCUT2D eigenvalue weighted by atomic mass is 32.2. The van der Waals surface area contributed by atoms with E-state index >= 15 is 0 Å². The number of fused-ring (bicyclic) bond motifs is 1. The minimum atomic E-state index is -3.43. The van der Waals surface area contributed by atoms with Crippen molar-refractivity contribution in [2.75, 3.05) is 39.3 Å². The Kier molecular flexibility index (Phi) is 5.27. The van der Waals surface area contributed by atoms with Gasteiger partial charge in [0.2, 0.25) is 10.0 Å². The molecule has 0 N–H and O–H groups in total. The molecule has 2 saturated heterocycles. The number of hydrogen-bond donors (Lipinski definition) is 0. The largest absolute Gasteiger partial charge is 0.377 e. The molecule has 2 aromatic carbocycles. The maximum atomic E-state index is 13.0. The van der Waals surface area contributed by atoms with E-state index in [9.17, 15) is 8.42 Å². The van der Waals surface area contributed by atoms with E-state index in [4.69, 9.17) is 4.74 Å². The van der Waals surface area contributed by atoms with Crippen molar-refractivity contribution in [3.63, 3.8) is 0 Å². The molecule has 140 valence electrons. The molecule has 2 aliphatic rings. The van der Waals surface area contributed by atoms with Crippen molar-refractivity contribution in [1.29, 1.82) is 0 Å². The lowest BCUT2D eigenvalue weighted by Crippen LogP contribution is -2.50. The van der Waals surface area contributed by atoms with Crippen molar-refractivity contribution in [3.8, 4) is 0 Å². The quantitative estimate of drug-likeness (QED) is 0.826. The van der Waals surface area contributed by atoms with Crippen LogP contribution in [0.25, 0.3) is 10.8 Å². The Bertz CT molecular complexity index is 854. The lowest BCUT2D eigenvalue weighted by Gasteiger charge is -2.36. The number of ether oxygens (including phenoxy) is 1. The van der Waals surface area contributed by atoms with Gasteiger partial charge < -0.3 is 4.74 Å². The third-order valence-corrected chi connectivity index (χ3v) is 7.32. The number of rotatable bonds is 4. The van der Waals surface area contributed by atoms with Crippen molar-refractivity contribution in [2.45, 2.75) is 30.3 Å². The van der Waals surface area contributed by atoms with Crippen LogP contribution in [0.4, 0.5) is 0 Å². The summed E-state index contributed by atoms with van der Waals surface area (Å²) in [6.45, 7) is 4.41. The van der Waals surface area contributed by atoms with Crippen LogP contribution in [0.15, 0.2) is 47.4 Å². The third kappa shape index (κ3) is 3.78. The average Bonchev–Trinajstić information content (AvgIpc) is 2.69. The van der Waals surface area contributed by atoms with Crippen LogP contribution >= 0.6 is 0 Å². The zero-order chi connectivity index (χ0) is 18.0. The minimum absolute atomic E-state index is 0.312. The van der Waals surface area contributed by atoms with Gasteiger partial charge in [-0.15, -0.1) is 0 Å². The molecule has 2 fully saturated rings. The van der Waals surface area contributed by atoms with E-state index in [0.717, 1.165) is 49.9 Å². The molecule has 1 unspecified atom stereocenters. The molecule has 0 spiro atoms. The zero-order valence-corrected chi connectivity index (χ0v) is 15.8. The second-order valence-electron chi connectivity index (χ2n) is 7.20. The molecule has 0 bridgehead atoms. The van der Waals surface area contributed by atoms with E-state index < -0.39 is 10.0 Å². The van der Waals surface area contributed by atoms with Crippen LogP contribution in [0.5, 0.6) is 0 Å². The average molecular weight is 375 g/mol. The van der Waals surface area contributed by atoms with Crippen molar-refractivity contribution >= 4 is 20.8 Å². The van der Waals surface area contributed by atoms with Gasteiger partial charge in [-0.2, -0.15) is 4.31 Å². The number of hydrogen-bond acceptors (Lipinski definition) is 4. The predicted molar refractivity (Wildman–Crippen MR) is 103 cm³/mol. The van der Waals surface area contributed by atoms with Crippen LogP contribution < -0.4 is 0 Å². The predicted octanol–water partition coefficient (Wildman–Crippen LogP) is 2.72. The molecule has 6 heteroatoms. The molecule has 0 amide bonds. The van der Waals surface area contributed by atoms with E-state index in [1.807, 2.05) is 30.3 Å². The summed E-state index contributed by atoms with van der Waals surface area (Å²) in [4.78, 5) is 2.72. The summed E-state index contributed by atoms with van der Waals surface area (Å²) in [5.74, 6) is 0. The van der Waals surface area contributed by atoms with Crippen molar-refractivity contribution < 1.29 is 13.2 Å². The summed E-state index contributed by atoms with van der Waals surface area (Å²) in [5.41, 5.74) is 0. The second-order valence-corrected chi connectivity index (χ2v) is 9.14. The van der Waals surface area contributed by atoms with Gasteiger partial charge in [0.15, 0.2) is 0 Å². The SMILES string of the molecule is O=S(=O)(c1ccc2ccccc2c1)N1CCN(CC2CCCCO2)CC1. The minimum Gasteiger partial charge on any atom is -0.377 e. The van der Waals surface area contributed by atoms with Gasteiger partial charge in [0.25, 0.3) is 0 Å². The highest BCUT2D eigenvalue weighted by Gasteiger charge is 2.29. The first-order valence-corrected chi connectivity index (χ1v) is 10.9. The molecule has 0 aromatic heterocycles. The Balaban J connectivity index is 1.42. The molecular formula is C20H26N2O3S. The van der Waals surface area contributed by atoms with Crippen LogP contribution in [0.3, 0.4) is 0 Å². The number of nitrogens with zero attached hydrogens (tertiary/aromatic N) is 2. The van der Waals surface area contributed by atoms with E-state index in [-0.39, 0.29) is 0 Å². The molecule has 0 radical (unpaired) electrons. The maximum absolute atomic E-state index is 13.0. The van der Waals surface area contributed by atoms with E-state index in [1.165, 1.54) is 6.42 Å². The summed E-state index contributed by atoms with van der Waals surface area (Å²) < 4.78 is 33.5. The monoisotopic (exact) mass is 374 g/mol. The van der Waals surface area contributed by atoms with Crippen LogP contribution in [0, 0.1) is 0 Å². The zero-order valence-electron chi connectivity index (χ0n) is 15.0. The maximum Gasteiger partial charge on any atom is 0.243 e. The van der Waals surface area contributed by atoms with Gasteiger partial charge in [-0.25, -0.2) is 8.42 Å². The number of benzene rings is 2. The molecule has 0 saturated carbocycles. The summed E-state index contributed by atoms with van der Waals surface area (Å²) >= 11 is 0. The van der Waals surface area contributed by atoms with Gasteiger partial charge in [-0.05, 0) is 42.2 Å². The smallest absolute Gasteiger partial charge is 0.243 e. The molecule has 26 heavy (non-hydrogen) atoms. The lowest BCUT2D eigenvalue weighted by molar-refractivity contribution is -0.0103. The highest BCUT2D eigenvalue weighted by Crippen LogP contribution is 2.23. The van der Waals surface area contributed by atoms with Crippen molar-refractivity contribution in [2.24, 2.45) is 0 Å². The Morgan fingerprint density at radius 3 is 2.46 bits per heavy atom. The molecule has 2 heterocycles. The van der Waals surface area contributed by atoms with Crippen LogP contribution in [-0.2, 0) is 14.8 Å². The van der Waals surface area contributed by atoms with E-state index in [1.54, 1.807) is 16.4 Å². The Morgan fingerprint density at radius 2 is 1.73 bits per heavy atom. The van der Waals surface area contributed by atoms with Gasteiger partial charge in [-0.1, -0.05) is 30.3 Å². The molecule has 2 aromatic rings. The van der Waals surface area contributed by atoms with E-state index in [2.05, 4.69) is 4.90 Å². The van der Waals surface area contributed by atoms with E-state index in [0.29, 0.717) is 24.1 Å². The van der Waals surface area contributed by atoms with Crippen LogP contribution in [-0.4, -0.2) is 63.1 Å². The molecular weight excluding hydrogens is 348 g/mol. The highest BCUT2D eigenvalue weighted by molar-refractivity contribution is 7.89. The molecule has 1 atom stereocenters. The molecule has 4 rings (SSSR count). The lowest BCUT2D eigenvalue weighted by atomic mass is 10.1. The number of sulfonamides is 1. The first-order chi connectivity index (χ1) is 12.6. The first-order valence-electron chi connectivity index (χ1n) is 9.46. The fraction of sp³-hybridized carbons (Fsp3) is 0.500. The Labute approximate surface area is 155 Å². The molecule has 0 aliphatic carbocycles. The first kappa shape index (κ1) is 17.9. The fourth-order valence-corrected chi connectivity index (χ4v) is 5.33. The standard InChI is InChI=1S/C20H26N2O3S/c23-26(24,20-9-8-17-5-1-2-6-18(17)15-20)22-12-10-21(11-13-22)16-19-7-3-4-14-25-19/h1-2,5-6,8-9,15,19H,3-4,7,10-14,16H2. The third-order valence-electron chi connectivity index (χ3n) is 5.43. The Hall–Kier alpha value is -1.47. The fourth-order valence-electron chi connectivity index (χ4n) is 3.87. The van der Waals surface area contributed by atoms with Gasteiger partial charge >= 0.3 is 0 Å².